The first-order valence-corrected chi connectivity index (χ1v) is 13.5. The van der Waals surface area contributed by atoms with E-state index in [1.54, 1.807) is 27.7 Å². The third-order valence-corrected chi connectivity index (χ3v) is 6.15. The number of aliphatic carboxylic acids is 1. The maximum absolute atomic E-state index is 13.0. The van der Waals surface area contributed by atoms with Gasteiger partial charge in [-0.25, -0.2) is 4.79 Å². The van der Waals surface area contributed by atoms with Gasteiger partial charge < -0.3 is 53.4 Å². The van der Waals surface area contributed by atoms with Gasteiger partial charge in [-0.1, -0.05) is 27.7 Å². The van der Waals surface area contributed by atoms with Crippen molar-refractivity contribution in [2.45, 2.75) is 90.2 Å². The van der Waals surface area contributed by atoms with Gasteiger partial charge in [0.05, 0.1) is 25.3 Å². The van der Waals surface area contributed by atoms with E-state index in [1.165, 1.54) is 6.92 Å². The molecule has 0 heterocycles. The quantitative estimate of drug-likeness (QED) is 0.0654. The lowest BCUT2D eigenvalue weighted by Gasteiger charge is -2.28. The van der Waals surface area contributed by atoms with Crippen molar-refractivity contribution in [1.82, 2.24) is 26.6 Å². The fraction of sp³-hybridized carbons (Fsp3) is 0.760. The Morgan fingerprint density at radius 2 is 1.29 bits per heavy atom. The molecule has 5 amide bonds. The van der Waals surface area contributed by atoms with Crippen molar-refractivity contribution in [2.24, 2.45) is 23.3 Å². The van der Waals surface area contributed by atoms with Crippen LogP contribution in [-0.2, 0) is 28.8 Å². The molecule has 236 valence electrons. The number of hydrogen-bond donors (Lipinski definition) is 10. The average Bonchev–Trinajstić information content (AvgIpc) is 2.89. The van der Waals surface area contributed by atoms with Crippen molar-refractivity contribution in [3.63, 3.8) is 0 Å². The number of aliphatic hydroxyl groups is 2. The van der Waals surface area contributed by atoms with Crippen molar-refractivity contribution in [3.8, 4) is 0 Å². The number of rotatable bonds is 19. The van der Waals surface area contributed by atoms with Gasteiger partial charge in [0.15, 0.2) is 0 Å². The number of unbranched alkanes of at least 4 members (excludes halogenated alkanes) is 1. The lowest BCUT2D eigenvalue weighted by Crippen LogP contribution is -2.61. The minimum absolute atomic E-state index is 0.0892. The van der Waals surface area contributed by atoms with Gasteiger partial charge in [-0.05, 0) is 44.6 Å². The van der Waals surface area contributed by atoms with E-state index in [0.717, 1.165) is 0 Å². The molecule has 0 aromatic heterocycles. The first-order valence-electron chi connectivity index (χ1n) is 13.5. The minimum atomic E-state index is -1.55. The van der Waals surface area contributed by atoms with Crippen LogP contribution < -0.4 is 38.1 Å². The molecule has 0 spiro atoms. The molecule has 0 radical (unpaired) electrons. The molecule has 0 unspecified atom stereocenters. The summed E-state index contributed by atoms with van der Waals surface area (Å²) in [4.78, 5) is 74.3. The fourth-order valence-corrected chi connectivity index (χ4v) is 3.48. The molecule has 16 nitrogen and oxygen atoms in total. The Morgan fingerprint density at radius 3 is 1.76 bits per heavy atom. The number of amides is 5. The number of nitrogens with two attached hydrogens (primary N) is 2. The number of hydrogen-bond acceptors (Lipinski definition) is 10. The van der Waals surface area contributed by atoms with E-state index in [-0.39, 0.29) is 12.3 Å². The van der Waals surface area contributed by atoms with E-state index in [9.17, 15) is 44.1 Å². The number of carboxylic acid groups (broad SMARTS) is 1. The van der Waals surface area contributed by atoms with Crippen LogP contribution >= 0.6 is 0 Å². The molecule has 0 aromatic rings. The summed E-state index contributed by atoms with van der Waals surface area (Å²) in [5, 5.41) is 40.8. The Morgan fingerprint density at radius 1 is 0.732 bits per heavy atom. The van der Waals surface area contributed by atoms with Crippen molar-refractivity contribution in [3.05, 3.63) is 0 Å². The highest BCUT2D eigenvalue weighted by Crippen LogP contribution is 2.07. The van der Waals surface area contributed by atoms with Crippen molar-refractivity contribution in [1.29, 1.82) is 0 Å². The van der Waals surface area contributed by atoms with Gasteiger partial charge >= 0.3 is 5.97 Å². The molecule has 0 aromatic carbocycles. The second kappa shape index (κ2) is 18.9. The second-order valence-corrected chi connectivity index (χ2v) is 10.4. The molecular formula is C25H47N7O9. The highest BCUT2D eigenvalue weighted by molar-refractivity contribution is 5.96. The number of carbonyl (C=O) groups is 6. The van der Waals surface area contributed by atoms with Gasteiger partial charge in [-0.2, -0.15) is 0 Å². The lowest BCUT2D eigenvalue weighted by molar-refractivity contribution is -0.143. The average molecular weight is 590 g/mol. The van der Waals surface area contributed by atoms with Crippen LogP contribution in [0, 0.1) is 11.8 Å². The molecule has 0 rings (SSSR count). The monoisotopic (exact) mass is 589 g/mol. The predicted molar refractivity (Wildman–Crippen MR) is 148 cm³/mol. The maximum atomic E-state index is 13.0. The number of carboxylic acids is 1. The van der Waals surface area contributed by atoms with Gasteiger partial charge in [0.25, 0.3) is 0 Å². The van der Waals surface area contributed by atoms with E-state index in [0.29, 0.717) is 19.4 Å². The molecule has 0 aliphatic rings. The van der Waals surface area contributed by atoms with Gasteiger partial charge in [0.1, 0.15) is 24.2 Å². The van der Waals surface area contributed by atoms with Gasteiger partial charge in [0.2, 0.25) is 29.5 Å². The zero-order valence-electron chi connectivity index (χ0n) is 24.3. The first kappa shape index (κ1) is 37.7. The van der Waals surface area contributed by atoms with Gasteiger partial charge in [-0.3, -0.25) is 24.0 Å². The molecule has 16 heteroatoms. The topological polar surface area (TPSA) is 275 Å². The largest absolute Gasteiger partial charge is 0.480 e. The van der Waals surface area contributed by atoms with E-state index in [1.807, 2.05) is 0 Å². The van der Waals surface area contributed by atoms with E-state index in [4.69, 9.17) is 11.5 Å². The zero-order valence-corrected chi connectivity index (χ0v) is 24.3. The maximum Gasteiger partial charge on any atom is 0.326 e. The molecule has 12 N–H and O–H groups in total. The number of aliphatic hydroxyl groups excluding tert-OH is 2. The Hall–Kier alpha value is -3.34. The third-order valence-electron chi connectivity index (χ3n) is 6.15. The summed E-state index contributed by atoms with van der Waals surface area (Å²) in [7, 11) is 0. The van der Waals surface area contributed by atoms with Crippen LogP contribution in [0.15, 0.2) is 0 Å². The van der Waals surface area contributed by atoms with Crippen LogP contribution in [0.2, 0.25) is 0 Å². The molecule has 0 aliphatic carbocycles. The zero-order chi connectivity index (χ0) is 31.9. The first-order chi connectivity index (χ1) is 19.1. The van der Waals surface area contributed by atoms with Gasteiger partial charge in [-0.15, -0.1) is 0 Å². The molecule has 6 atom stereocenters. The van der Waals surface area contributed by atoms with Crippen LogP contribution in [0.1, 0.15) is 53.9 Å². The fourth-order valence-electron chi connectivity index (χ4n) is 3.48. The summed E-state index contributed by atoms with van der Waals surface area (Å²) in [6.45, 7) is 6.85. The second-order valence-electron chi connectivity index (χ2n) is 10.4. The Labute approximate surface area is 239 Å². The van der Waals surface area contributed by atoms with Crippen molar-refractivity contribution < 1.29 is 44.1 Å². The molecule has 0 saturated carbocycles. The highest BCUT2D eigenvalue weighted by Gasteiger charge is 2.34. The number of nitrogens with one attached hydrogen (secondary N) is 5. The normalized spacial score (nSPS) is 15.6. The van der Waals surface area contributed by atoms with Crippen LogP contribution in [0.25, 0.3) is 0 Å². The molecular weight excluding hydrogens is 542 g/mol. The smallest absolute Gasteiger partial charge is 0.326 e. The SMILES string of the molecule is CC(C)[C@H](N)C(=O)NCC(=O)N[C@@H](CO)C(=O)N[C@H](C(=O)N[C@H](C(=O)N[C@@H](CCCCN)C(=O)O)[C@@H](C)O)C(C)C. The predicted octanol–water partition coefficient (Wildman–Crippen LogP) is -3.73. The summed E-state index contributed by atoms with van der Waals surface area (Å²) in [6, 6.07) is -6.42. The van der Waals surface area contributed by atoms with Crippen LogP contribution in [0.4, 0.5) is 0 Å². The van der Waals surface area contributed by atoms with Crippen molar-refractivity contribution >= 4 is 35.5 Å². The summed E-state index contributed by atoms with van der Waals surface area (Å²) < 4.78 is 0. The molecule has 41 heavy (non-hydrogen) atoms. The summed E-state index contributed by atoms with van der Waals surface area (Å²) in [6.07, 6.45) is -0.362. The molecule has 0 aliphatic heterocycles. The number of carbonyl (C=O) groups excluding carboxylic acids is 5. The lowest BCUT2D eigenvalue weighted by atomic mass is 10.0. The molecule has 0 bridgehead atoms. The highest BCUT2D eigenvalue weighted by atomic mass is 16.4. The standard InChI is InChI=1S/C25H47N7O9/c1-12(2)18(27)22(37)28-10-17(35)29-16(11-33)21(36)31-19(13(3)4)23(38)32-20(14(5)34)24(39)30-15(25(40)41)8-6-7-9-26/h12-16,18-20,33-34H,6-11,26-27H2,1-5H3,(H,28,37)(H,29,35)(H,30,39)(H,31,36)(H,32,38)(H,40,41)/t14-,15+,16+,18+,19+,20+/m1/s1. The summed E-state index contributed by atoms with van der Waals surface area (Å²) >= 11 is 0. The Kier molecular flexibility index (Phi) is 17.4. The Bertz CT molecular complexity index is 899. The third kappa shape index (κ3) is 13.7. The summed E-state index contributed by atoms with van der Waals surface area (Å²) in [5.74, 6) is -6.12. The van der Waals surface area contributed by atoms with E-state index < -0.39 is 90.9 Å². The van der Waals surface area contributed by atoms with E-state index in [2.05, 4.69) is 26.6 Å². The molecule has 0 fully saturated rings. The van der Waals surface area contributed by atoms with Gasteiger partial charge in [0, 0.05) is 0 Å². The van der Waals surface area contributed by atoms with E-state index >= 15 is 0 Å². The summed E-state index contributed by atoms with van der Waals surface area (Å²) in [5.41, 5.74) is 11.1. The Balaban J connectivity index is 5.37. The van der Waals surface area contributed by atoms with Crippen LogP contribution in [-0.4, -0.2) is 107 Å². The van der Waals surface area contributed by atoms with Crippen LogP contribution in [0.5, 0.6) is 0 Å². The van der Waals surface area contributed by atoms with Crippen molar-refractivity contribution in [2.75, 3.05) is 19.7 Å². The minimum Gasteiger partial charge on any atom is -0.480 e. The van der Waals surface area contributed by atoms with Crippen LogP contribution in [0.3, 0.4) is 0 Å². The molecule has 0 saturated heterocycles.